The van der Waals surface area contributed by atoms with Gasteiger partial charge in [0.15, 0.2) is 0 Å². The van der Waals surface area contributed by atoms with Crippen molar-refractivity contribution in [2.45, 2.75) is 11.7 Å². The minimum absolute atomic E-state index is 0.264. The van der Waals surface area contributed by atoms with Crippen LogP contribution in [0.25, 0.3) is 0 Å². The third-order valence-corrected chi connectivity index (χ3v) is 2.92. The lowest BCUT2D eigenvalue weighted by Crippen LogP contribution is -1.96. The van der Waals surface area contributed by atoms with E-state index in [2.05, 4.69) is 18.4 Å². The van der Waals surface area contributed by atoms with Crippen LogP contribution in [0.1, 0.15) is 17.2 Å². The average Bonchev–Trinajstić information content (AvgIpc) is 2.15. The van der Waals surface area contributed by atoms with E-state index >= 15 is 0 Å². The molecule has 0 heterocycles. The largest absolute Gasteiger partial charge is 0.396 e. The van der Waals surface area contributed by atoms with E-state index in [0.29, 0.717) is 5.25 Å². The highest BCUT2D eigenvalue weighted by Crippen LogP contribution is 2.28. The highest BCUT2D eigenvalue weighted by Gasteiger charge is 2.07. The maximum atomic E-state index is 8.82. The lowest BCUT2D eigenvalue weighted by Gasteiger charge is -2.12. The molecule has 1 N–H and O–H groups in total. The topological polar surface area (TPSA) is 20.2 Å². The van der Waals surface area contributed by atoms with Gasteiger partial charge in [0.05, 0.1) is 0 Å². The molecule has 1 nitrogen and oxygen atoms in total. The molecule has 0 bridgehead atoms. The predicted molar refractivity (Wildman–Crippen MR) is 54.4 cm³/mol. The molecule has 0 saturated carbocycles. The van der Waals surface area contributed by atoms with Gasteiger partial charge in [0.1, 0.15) is 0 Å². The number of thioether (sulfide) groups is 1. The van der Waals surface area contributed by atoms with Crippen LogP contribution in [0.4, 0.5) is 0 Å². The molecule has 1 unspecified atom stereocenters. The van der Waals surface area contributed by atoms with Crippen LogP contribution in [0.3, 0.4) is 0 Å². The number of benzene rings is 1. The second-order valence-electron chi connectivity index (χ2n) is 2.65. The summed E-state index contributed by atoms with van der Waals surface area (Å²) in [5, 5.41) is 9.26. The van der Waals surface area contributed by atoms with Crippen LogP contribution in [-0.4, -0.2) is 18.0 Å². The van der Waals surface area contributed by atoms with Crippen molar-refractivity contribution in [3.8, 4) is 0 Å². The molecule has 12 heavy (non-hydrogen) atoms. The molecule has 0 spiro atoms. The van der Waals surface area contributed by atoms with Crippen LogP contribution in [0.2, 0.25) is 0 Å². The molecule has 0 radical (unpaired) electrons. The summed E-state index contributed by atoms with van der Waals surface area (Å²) in [7, 11) is 0. The van der Waals surface area contributed by atoms with E-state index in [-0.39, 0.29) is 6.61 Å². The van der Waals surface area contributed by atoms with Gasteiger partial charge in [-0.25, -0.2) is 0 Å². The van der Waals surface area contributed by atoms with Gasteiger partial charge in [-0.05, 0) is 18.2 Å². The van der Waals surface area contributed by atoms with Crippen LogP contribution in [0, 0.1) is 0 Å². The maximum absolute atomic E-state index is 8.82. The Hall–Kier alpha value is -0.470. The van der Waals surface area contributed by atoms with Gasteiger partial charge in [-0.3, -0.25) is 0 Å². The second-order valence-corrected chi connectivity index (χ2v) is 3.69. The molecule has 1 aromatic rings. The fourth-order valence-electron chi connectivity index (χ4n) is 1.21. The van der Waals surface area contributed by atoms with Gasteiger partial charge in [0.25, 0.3) is 0 Å². The zero-order chi connectivity index (χ0) is 8.81. The van der Waals surface area contributed by atoms with E-state index in [1.54, 1.807) is 11.8 Å². The van der Waals surface area contributed by atoms with E-state index in [4.69, 9.17) is 5.11 Å². The van der Waals surface area contributed by atoms with Crippen LogP contribution in [0.5, 0.6) is 0 Å². The first-order valence-corrected chi connectivity index (χ1v) is 5.36. The van der Waals surface area contributed by atoms with E-state index < -0.39 is 0 Å². The minimum atomic E-state index is 0.264. The third-order valence-electron chi connectivity index (χ3n) is 1.85. The van der Waals surface area contributed by atoms with Crippen LogP contribution in [-0.2, 0) is 0 Å². The number of rotatable bonds is 4. The van der Waals surface area contributed by atoms with Crippen LogP contribution >= 0.6 is 11.8 Å². The first-order valence-electron chi connectivity index (χ1n) is 4.07. The maximum Gasteiger partial charge on any atom is 0.0444 e. The highest BCUT2D eigenvalue weighted by atomic mass is 32.2. The number of hydrogen-bond acceptors (Lipinski definition) is 2. The van der Waals surface area contributed by atoms with Crippen LogP contribution < -0.4 is 0 Å². The Kier molecular flexibility index (Phi) is 4.19. The smallest absolute Gasteiger partial charge is 0.0444 e. The standard InChI is InChI=1S/C10H14OS/c1-12-10(7-8-11)9-5-3-2-4-6-9/h2-6,10-11H,7-8H2,1H3. The van der Waals surface area contributed by atoms with E-state index in [0.717, 1.165) is 6.42 Å². The summed E-state index contributed by atoms with van der Waals surface area (Å²) in [6.07, 6.45) is 2.92. The molecule has 0 aromatic heterocycles. The van der Waals surface area contributed by atoms with Crippen molar-refractivity contribution >= 4 is 11.8 Å². The van der Waals surface area contributed by atoms with E-state index in [1.807, 2.05) is 18.2 Å². The molecule has 66 valence electrons. The summed E-state index contributed by atoms with van der Waals surface area (Å²) in [5.74, 6) is 0. The van der Waals surface area contributed by atoms with Gasteiger partial charge < -0.3 is 5.11 Å². The van der Waals surface area contributed by atoms with Crippen molar-refractivity contribution in [1.29, 1.82) is 0 Å². The normalized spacial score (nSPS) is 12.8. The van der Waals surface area contributed by atoms with Gasteiger partial charge in [-0.1, -0.05) is 30.3 Å². The molecular formula is C10H14OS. The first kappa shape index (κ1) is 9.62. The van der Waals surface area contributed by atoms with Crippen LogP contribution in [0.15, 0.2) is 30.3 Å². The van der Waals surface area contributed by atoms with Gasteiger partial charge in [-0.15, -0.1) is 0 Å². The SMILES string of the molecule is CSC(CCO)c1ccccc1. The van der Waals surface area contributed by atoms with Gasteiger partial charge in [0.2, 0.25) is 0 Å². The Morgan fingerprint density at radius 3 is 2.50 bits per heavy atom. The minimum Gasteiger partial charge on any atom is -0.396 e. The molecule has 0 aliphatic rings. The van der Waals surface area contributed by atoms with Crippen molar-refractivity contribution in [3.05, 3.63) is 35.9 Å². The van der Waals surface area contributed by atoms with Gasteiger partial charge in [-0.2, -0.15) is 11.8 Å². The molecule has 2 heteroatoms. The highest BCUT2D eigenvalue weighted by molar-refractivity contribution is 7.98. The second kappa shape index (κ2) is 5.22. The van der Waals surface area contributed by atoms with Crippen molar-refractivity contribution in [3.63, 3.8) is 0 Å². The summed E-state index contributed by atoms with van der Waals surface area (Å²) in [4.78, 5) is 0. The fraction of sp³-hybridized carbons (Fsp3) is 0.400. The molecule has 0 aliphatic carbocycles. The summed E-state index contributed by atoms with van der Waals surface area (Å²) >= 11 is 1.79. The van der Waals surface area contributed by atoms with Crippen molar-refractivity contribution in [2.75, 3.05) is 12.9 Å². The molecule has 1 rings (SSSR count). The van der Waals surface area contributed by atoms with Crippen molar-refractivity contribution in [2.24, 2.45) is 0 Å². The Balaban J connectivity index is 2.66. The van der Waals surface area contributed by atoms with Gasteiger partial charge in [0, 0.05) is 11.9 Å². The lowest BCUT2D eigenvalue weighted by atomic mass is 10.1. The fourth-order valence-corrected chi connectivity index (χ4v) is 1.98. The molecule has 1 aromatic carbocycles. The zero-order valence-electron chi connectivity index (χ0n) is 7.23. The molecule has 0 saturated heterocycles. The third kappa shape index (κ3) is 2.54. The molecule has 1 atom stereocenters. The Morgan fingerprint density at radius 2 is 2.00 bits per heavy atom. The Labute approximate surface area is 77.8 Å². The number of aliphatic hydroxyl groups excluding tert-OH is 1. The van der Waals surface area contributed by atoms with Crippen molar-refractivity contribution < 1.29 is 5.11 Å². The van der Waals surface area contributed by atoms with E-state index in [9.17, 15) is 0 Å². The summed E-state index contributed by atoms with van der Waals surface area (Å²) in [6, 6.07) is 10.3. The molecular weight excluding hydrogens is 168 g/mol. The average molecular weight is 182 g/mol. The van der Waals surface area contributed by atoms with Gasteiger partial charge >= 0.3 is 0 Å². The van der Waals surface area contributed by atoms with Crippen molar-refractivity contribution in [1.82, 2.24) is 0 Å². The first-order chi connectivity index (χ1) is 5.88. The number of aliphatic hydroxyl groups is 1. The summed E-state index contributed by atoms with van der Waals surface area (Å²) < 4.78 is 0. The summed E-state index contributed by atoms with van der Waals surface area (Å²) in [6.45, 7) is 0.264. The molecule has 0 aliphatic heterocycles. The lowest BCUT2D eigenvalue weighted by molar-refractivity contribution is 0.287. The monoisotopic (exact) mass is 182 g/mol. The zero-order valence-corrected chi connectivity index (χ0v) is 8.05. The molecule has 0 fully saturated rings. The summed E-state index contributed by atoms with van der Waals surface area (Å²) in [5.41, 5.74) is 1.30. The molecule has 0 amide bonds. The number of hydrogen-bond donors (Lipinski definition) is 1. The Morgan fingerprint density at radius 1 is 1.33 bits per heavy atom. The Bertz CT molecular complexity index is 210. The predicted octanol–water partition coefficient (Wildman–Crippen LogP) is 2.47. The quantitative estimate of drug-likeness (QED) is 0.772. The van der Waals surface area contributed by atoms with E-state index in [1.165, 1.54) is 5.56 Å².